The Labute approximate surface area is 132 Å². The molecular formula is C15H14N6O2. The SMILES string of the molecule is CCOc1ncccc1C(=O)Nc1cc(-n2cccn2)ncn1. The van der Waals surface area contributed by atoms with E-state index in [1.807, 2.05) is 6.92 Å². The molecule has 0 spiro atoms. The quantitative estimate of drug-likeness (QED) is 0.771. The number of pyridine rings is 1. The largest absolute Gasteiger partial charge is 0.477 e. The second-order valence-corrected chi connectivity index (χ2v) is 4.46. The van der Waals surface area contributed by atoms with E-state index in [-0.39, 0.29) is 11.8 Å². The lowest BCUT2D eigenvalue weighted by atomic mass is 10.2. The number of hydrogen-bond acceptors (Lipinski definition) is 6. The lowest BCUT2D eigenvalue weighted by Crippen LogP contribution is -2.15. The lowest BCUT2D eigenvalue weighted by molar-refractivity contribution is 0.102. The van der Waals surface area contributed by atoms with Gasteiger partial charge in [0.2, 0.25) is 5.88 Å². The molecule has 1 N–H and O–H groups in total. The standard InChI is InChI=1S/C15H14N6O2/c1-2-23-15-11(5-3-6-16-15)14(22)20-12-9-13(18-10-17-12)21-8-4-7-19-21/h3-10H,2H2,1H3,(H,17,18,20,22). The van der Waals surface area contributed by atoms with E-state index in [0.29, 0.717) is 23.8 Å². The normalized spacial score (nSPS) is 10.3. The zero-order valence-electron chi connectivity index (χ0n) is 12.4. The van der Waals surface area contributed by atoms with Crippen LogP contribution >= 0.6 is 0 Å². The van der Waals surface area contributed by atoms with Crippen LogP contribution in [0.4, 0.5) is 5.82 Å². The fourth-order valence-electron chi connectivity index (χ4n) is 1.94. The van der Waals surface area contributed by atoms with Crippen LogP contribution in [0.1, 0.15) is 17.3 Å². The summed E-state index contributed by atoms with van der Waals surface area (Å²) in [5, 5.41) is 6.80. The van der Waals surface area contributed by atoms with Crippen LogP contribution in [-0.2, 0) is 0 Å². The number of ether oxygens (including phenoxy) is 1. The predicted molar refractivity (Wildman–Crippen MR) is 82.5 cm³/mol. The van der Waals surface area contributed by atoms with Crippen LogP contribution in [0.25, 0.3) is 5.82 Å². The molecule has 8 heteroatoms. The van der Waals surface area contributed by atoms with Crippen LogP contribution < -0.4 is 10.1 Å². The average Bonchev–Trinajstić information content (AvgIpc) is 3.10. The van der Waals surface area contributed by atoms with Crippen molar-refractivity contribution in [1.29, 1.82) is 0 Å². The Kier molecular flexibility index (Phi) is 4.23. The van der Waals surface area contributed by atoms with Gasteiger partial charge in [-0.15, -0.1) is 0 Å². The molecule has 116 valence electrons. The first-order valence-electron chi connectivity index (χ1n) is 6.99. The van der Waals surface area contributed by atoms with Gasteiger partial charge in [-0.1, -0.05) is 0 Å². The van der Waals surface area contributed by atoms with E-state index in [4.69, 9.17) is 4.74 Å². The van der Waals surface area contributed by atoms with Gasteiger partial charge in [0.25, 0.3) is 5.91 Å². The van der Waals surface area contributed by atoms with E-state index in [9.17, 15) is 4.79 Å². The van der Waals surface area contributed by atoms with Crippen LogP contribution in [0.2, 0.25) is 0 Å². The Morgan fingerprint density at radius 2 is 2.17 bits per heavy atom. The number of nitrogens with zero attached hydrogens (tertiary/aromatic N) is 5. The lowest BCUT2D eigenvalue weighted by Gasteiger charge is -2.09. The van der Waals surface area contributed by atoms with Gasteiger partial charge in [-0.25, -0.2) is 19.6 Å². The van der Waals surface area contributed by atoms with Crippen LogP contribution in [0.3, 0.4) is 0 Å². The molecular weight excluding hydrogens is 296 g/mol. The number of carbonyl (C=O) groups is 1. The highest BCUT2D eigenvalue weighted by molar-refractivity contribution is 6.05. The maximum atomic E-state index is 12.4. The van der Waals surface area contributed by atoms with Gasteiger partial charge in [0, 0.05) is 24.7 Å². The summed E-state index contributed by atoms with van der Waals surface area (Å²) in [6.45, 7) is 2.26. The number of carbonyl (C=O) groups excluding carboxylic acids is 1. The van der Waals surface area contributed by atoms with E-state index < -0.39 is 0 Å². The number of rotatable bonds is 5. The van der Waals surface area contributed by atoms with Crippen LogP contribution in [0, 0.1) is 0 Å². The number of amides is 1. The minimum absolute atomic E-state index is 0.286. The first kappa shape index (κ1) is 14.6. The third-order valence-electron chi connectivity index (χ3n) is 2.93. The molecule has 0 aliphatic rings. The zero-order chi connectivity index (χ0) is 16.1. The smallest absolute Gasteiger partial charge is 0.262 e. The Morgan fingerprint density at radius 3 is 2.96 bits per heavy atom. The molecule has 3 heterocycles. The van der Waals surface area contributed by atoms with Crippen molar-refractivity contribution in [2.24, 2.45) is 0 Å². The third-order valence-corrected chi connectivity index (χ3v) is 2.93. The van der Waals surface area contributed by atoms with Crippen molar-refractivity contribution in [2.75, 3.05) is 11.9 Å². The number of aromatic nitrogens is 5. The van der Waals surface area contributed by atoms with Crippen LogP contribution in [0.15, 0.2) is 49.2 Å². The molecule has 0 atom stereocenters. The van der Waals surface area contributed by atoms with Crippen LogP contribution in [0.5, 0.6) is 5.88 Å². The Bertz CT molecular complexity index is 803. The molecule has 0 aromatic carbocycles. The van der Waals surface area contributed by atoms with Crippen molar-refractivity contribution in [3.8, 4) is 11.7 Å². The molecule has 23 heavy (non-hydrogen) atoms. The van der Waals surface area contributed by atoms with Gasteiger partial charge >= 0.3 is 0 Å². The van der Waals surface area contributed by atoms with Gasteiger partial charge in [0.1, 0.15) is 17.7 Å². The third kappa shape index (κ3) is 3.31. The summed E-state index contributed by atoms with van der Waals surface area (Å²) in [7, 11) is 0. The second kappa shape index (κ2) is 6.65. The molecule has 3 aromatic heterocycles. The molecule has 0 bridgehead atoms. The maximum Gasteiger partial charge on any atom is 0.262 e. The van der Waals surface area contributed by atoms with Gasteiger partial charge < -0.3 is 10.1 Å². The van der Waals surface area contributed by atoms with Gasteiger partial charge in [-0.3, -0.25) is 4.79 Å². The fraction of sp³-hybridized carbons (Fsp3) is 0.133. The molecule has 0 aliphatic carbocycles. The highest BCUT2D eigenvalue weighted by atomic mass is 16.5. The summed E-state index contributed by atoms with van der Waals surface area (Å²) in [4.78, 5) is 24.6. The molecule has 3 aromatic rings. The minimum atomic E-state index is -0.355. The average molecular weight is 310 g/mol. The molecule has 0 radical (unpaired) electrons. The Hall–Kier alpha value is -3.29. The summed E-state index contributed by atoms with van der Waals surface area (Å²) in [6.07, 6.45) is 6.33. The van der Waals surface area contributed by atoms with E-state index in [0.717, 1.165) is 0 Å². The van der Waals surface area contributed by atoms with Crippen LogP contribution in [-0.4, -0.2) is 37.2 Å². The topological polar surface area (TPSA) is 94.8 Å². The van der Waals surface area contributed by atoms with Gasteiger partial charge in [-0.2, -0.15) is 5.10 Å². The second-order valence-electron chi connectivity index (χ2n) is 4.46. The summed E-state index contributed by atoms with van der Waals surface area (Å²) < 4.78 is 6.94. The van der Waals surface area contributed by atoms with E-state index in [1.54, 1.807) is 47.5 Å². The highest BCUT2D eigenvalue weighted by Gasteiger charge is 2.14. The highest BCUT2D eigenvalue weighted by Crippen LogP contribution is 2.16. The van der Waals surface area contributed by atoms with Crippen molar-refractivity contribution >= 4 is 11.7 Å². The summed E-state index contributed by atoms with van der Waals surface area (Å²) in [5.74, 6) is 0.846. The molecule has 0 aliphatic heterocycles. The Balaban J connectivity index is 1.82. The molecule has 0 fully saturated rings. The predicted octanol–water partition coefficient (Wildman–Crippen LogP) is 1.71. The van der Waals surface area contributed by atoms with E-state index in [2.05, 4.69) is 25.4 Å². The van der Waals surface area contributed by atoms with Gasteiger partial charge in [-0.05, 0) is 25.1 Å². The molecule has 8 nitrogen and oxygen atoms in total. The first-order chi connectivity index (χ1) is 11.3. The van der Waals surface area contributed by atoms with Gasteiger partial charge in [0.05, 0.1) is 6.61 Å². The molecule has 1 amide bonds. The molecule has 3 rings (SSSR count). The van der Waals surface area contributed by atoms with E-state index in [1.165, 1.54) is 6.33 Å². The van der Waals surface area contributed by atoms with Crippen molar-refractivity contribution in [3.05, 3.63) is 54.7 Å². The summed E-state index contributed by atoms with van der Waals surface area (Å²) in [5.41, 5.74) is 0.341. The van der Waals surface area contributed by atoms with Crippen molar-refractivity contribution in [2.45, 2.75) is 6.92 Å². The van der Waals surface area contributed by atoms with E-state index >= 15 is 0 Å². The summed E-state index contributed by atoms with van der Waals surface area (Å²) >= 11 is 0. The van der Waals surface area contributed by atoms with Crippen molar-refractivity contribution in [1.82, 2.24) is 24.7 Å². The van der Waals surface area contributed by atoms with Crippen molar-refractivity contribution in [3.63, 3.8) is 0 Å². The zero-order valence-corrected chi connectivity index (χ0v) is 12.4. The summed E-state index contributed by atoms with van der Waals surface area (Å²) in [6, 6.07) is 6.72. The number of hydrogen-bond donors (Lipinski definition) is 1. The molecule has 0 saturated carbocycles. The Morgan fingerprint density at radius 1 is 1.26 bits per heavy atom. The number of anilines is 1. The fourth-order valence-corrected chi connectivity index (χ4v) is 1.94. The monoisotopic (exact) mass is 310 g/mol. The maximum absolute atomic E-state index is 12.4. The van der Waals surface area contributed by atoms with Gasteiger partial charge in [0.15, 0.2) is 5.82 Å². The first-order valence-corrected chi connectivity index (χ1v) is 6.99. The molecule has 0 saturated heterocycles. The molecule has 0 unspecified atom stereocenters. The minimum Gasteiger partial charge on any atom is -0.477 e. The van der Waals surface area contributed by atoms with Crippen molar-refractivity contribution < 1.29 is 9.53 Å². The number of nitrogens with one attached hydrogen (secondary N) is 1.